The molecule has 1 N–H and O–H groups in total. The Balaban J connectivity index is 1.88. The van der Waals surface area contributed by atoms with E-state index in [1.54, 1.807) is 29.8 Å². The average Bonchev–Trinajstić information content (AvgIpc) is 3.26. The van der Waals surface area contributed by atoms with Crippen LogP contribution in [0, 0.1) is 6.92 Å². The first kappa shape index (κ1) is 20.8. The van der Waals surface area contributed by atoms with Crippen molar-refractivity contribution in [1.82, 2.24) is 20.2 Å². The first-order valence-electron chi connectivity index (χ1n) is 8.91. The van der Waals surface area contributed by atoms with Gasteiger partial charge in [0.25, 0.3) is 0 Å². The Bertz CT molecular complexity index is 697. The van der Waals surface area contributed by atoms with Crippen molar-refractivity contribution in [3.8, 4) is 0 Å². The number of methoxy groups -OCH3 is 1. The number of aliphatic imine (C=N–C) groups is 1. The zero-order valence-electron chi connectivity index (χ0n) is 16.3. The number of aromatic nitrogens is 2. The predicted molar refractivity (Wildman–Crippen MR) is 110 cm³/mol. The van der Waals surface area contributed by atoms with Crippen LogP contribution in [0.1, 0.15) is 47.8 Å². The van der Waals surface area contributed by atoms with Gasteiger partial charge in [-0.1, -0.05) is 0 Å². The Morgan fingerprint density at radius 3 is 2.81 bits per heavy atom. The molecular formula is C18H29N5OS2. The van der Waals surface area contributed by atoms with Crippen LogP contribution in [0.2, 0.25) is 0 Å². The Morgan fingerprint density at radius 2 is 2.15 bits per heavy atom. The smallest absolute Gasteiger partial charge is 0.194 e. The number of ether oxygens (including phenoxy) is 1. The fraction of sp³-hybridized carbons (Fsp3) is 0.611. The normalized spacial score (nSPS) is 13.0. The van der Waals surface area contributed by atoms with Gasteiger partial charge in [0.15, 0.2) is 5.96 Å². The van der Waals surface area contributed by atoms with Crippen molar-refractivity contribution in [2.24, 2.45) is 4.99 Å². The molecule has 2 rings (SSSR count). The molecule has 0 amide bonds. The maximum Gasteiger partial charge on any atom is 0.194 e. The fourth-order valence-electron chi connectivity index (χ4n) is 2.40. The van der Waals surface area contributed by atoms with E-state index in [2.05, 4.69) is 37.9 Å². The minimum Gasteiger partial charge on any atom is -0.375 e. The largest absolute Gasteiger partial charge is 0.375 e. The van der Waals surface area contributed by atoms with Gasteiger partial charge in [0.2, 0.25) is 0 Å². The number of hydrogen-bond donors (Lipinski definition) is 1. The third-order valence-corrected chi connectivity index (χ3v) is 5.92. The van der Waals surface area contributed by atoms with E-state index < -0.39 is 0 Å². The van der Waals surface area contributed by atoms with E-state index in [9.17, 15) is 0 Å². The summed E-state index contributed by atoms with van der Waals surface area (Å²) in [6, 6.07) is 0. The molecule has 0 radical (unpaired) electrons. The number of nitrogens with zero attached hydrogens (tertiary/aromatic N) is 4. The van der Waals surface area contributed by atoms with Crippen molar-refractivity contribution < 1.29 is 4.74 Å². The lowest BCUT2D eigenvalue weighted by Crippen LogP contribution is -2.38. The fourth-order valence-corrected chi connectivity index (χ4v) is 4.06. The molecule has 6 nitrogen and oxygen atoms in total. The van der Waals surface area contributed by atoms with Crippen molar-refractivity contribution >= 4 is 28.6 Å². The van der Waals surface area contributed by atoms with Gasteiger partial charge in [0, 0.05) is 50.1 Å². The predicted octanol–water partition coefficient (Wildman–Crippen LogP) is 3.65. The van der Waals surface area contributed by atoms with Gasteiger partial charge < -0.3 is 15.0 Å². The molecule has 2 aromatic heterocycles. The first-order chi connectivity index (χ1) is 12.5. The monoisotopic (exact) mass is 395 g/mol. The maximum absolute atomic E-state index is 5.34. The van der Waals surface area contributed by atoms with E-state index in [0.29, 0.717) is 0 Å². The van der Waals surface area contributed by atoms with Crippen LogP contribution in [0.3, 0.4) is 0 Å². The molecule has 144 valence electrons. The molecule has 2 heterocycles. The van der Waals surface area contributed by atoms with E-state index in [1.807, 2.05) is 20.9 Å². The summed E-state index contributed by atoms with van der Waals surface area (Å²) in [7, 11) is 3.76. The summed E-state index contributed by atoms with van der Waals surface area (Å²) in [6.45, 7) is 8.50. The highest BCUT2D eigenvalue weighted by Gasteiger charge is 2.12. The van der Waals surface area contributed by atoms with Gasteiger partial charge in [-0.3, -0.25) is 4.99 Å². The number of nitrogens with one attached hydrogen (secondary N) is 1. The van der Waals surface area contributed by atoms with E-state index in [1.165, 1.54) is 5.01 Å². The summed E-state index contributed by atoms with van der Waals surface area (Å²) in [5, 5.41) is 9.76. The zero-order valence-corrected chi connectivity index (χ0v) is 17.9. The molecule has 0 bridgehead atoms. The van der Waals surface area contributed by atoms with E-state index >= 15 is 0 Å². The van der Waals surface area contributed by atoms with Crippen molar-refractivity contribution in [1.29, 1.82) is 0 Å². The maximum atomic E-state index is 5.34. The molecule has 8 heteroatoms. The molecule has 0 aliphatic heterocycles. The Kier molecular flexibility index (Phi) is 8.47. The van der Waals surface area contributed by atoms with Crippen LogP contribution in [0.4, 0.5) is 0 Å². The van der Waals surface area contributed by atoms with E-state index in [4.69, 9.17) is 9.73 Å². The lowest BCUT2D eigenvalue weighted by Gasteiger charge is -2.21. The second-order valence-corrected chi connectivity index (χ2v) is 7.97. The number of aryl methyl sites for hydroxylation is 2. The standard InChI is InChI=1S/C18H29N5OS2/c1-6-19-18(20-9-7-8-16-21-13(2)11-25-16)23(4)10-15-12-26-17(22-15)14(3)24-5/h11-12,14H,6-10H2,1-5H3,(H,19,20). The molecule has 0 fully saturated rings. The van der Waals surface area contributed by atoms with Crippen LogP contribution in [0.5, 0.6) is 0 Å². The van der Waals surface area contributed by atoms with Gasteiger partial charge in [-0.15, -0.1) is 22.7 Å². The van der Waals surface area contributed by atoms with Crippen molar-refractivity contribution in [3.05, 3.63) is 32.2 Å². The number of thiazole rings is 2. The zero-order chi connectivity index (χ0) is 18.9. The van der Waals surface area contributed by atoms with Crippen LogP contribution in [0.15, 0.2) is 15.8 Å². The summed E-state index contributed by atoms with van der Waals surface area (Å²) >= 11 is 3.37. The third kappa shape index (κ3) is 6.34. The summed E-state index contributed by atoms with van der Waals surface area (Å²) in [6.07, 6.45) is 2.02. The molecular weight excluding hydrogens is 366 g/mol. The quantitative estimate of drug-likeness (QED) is 0.399. The van der Waals surface area contributed by atoms with Crippen molar-refractivity contribution in [2.45, 2.75) is 46.3 Å². The van der Waals surface area contributed by atoms with Gasteiger partial charge in [0.05, 0.1) is 17.2 Å². The molecule has 1 atom stereocenters. The second-order valence-electron chi connectivity index (χ2n) is 6.13. The molecule has 26 heavy (non-hydrogen) atoms. The summed E-state index contributed by atoms with van der Waals surface area (Å²) < 4.78 is 5.34. The van der Waals surface area contributed by atoms with Gasteiger partial charge in [0.1, 0.15) is 11.1 Å². The highest BCUT2D eigenvalue weighted by atomic mass is 32.1. The minimum atomic E-state index is 0.0375. The Hall–Kier alpha value is -1.51. The lowest BCUT2D eigenvalue weighted by molar-refractivity contribution is 0.119. The molecule has 0 saturated carbocycles. The SMILES string of the molecule is CCNC(=NCCCc1nc(C)cs1)N(C)Cc1csc(C(C)OC)n1. The number of hydrogen-bond acceptors (Lipinski definition) is 6. The van der Waals surface area contributed by atoms with Crippen LogP contribution in [0.25, 0.3) is 0 Å². The van der Waals surface area contributed by atoms with Crippen LogP contribution >= 0.6 is 22.7 Å². The highest BCUT2D eigenvalue weighted by molar-refractivity contribution is 7.10. The molecule has 0 aliphatic rings. The average molecular weight is 396 g/mol. The molecule has 1 unspecified atom stereocenters. The van der Waals surface area contributed by atoms with Crippen LogP contribution in [-0.2, 0) is 17.7 Å². The van der Waals surface area contributed by atoms with Crippen LogP contribution < -0.4 is 5.32 Å². The molecule has 0 aromatic carbocycles. The van der Waals surface area contributed by atoms with Crippen molar-refractivity contribution in [2.75, 3.05) is 27.2 Å². The molecule has 2 aromatic rings. The van der Waals surface area contributed by atoms with Gasteiger partial charge in [-0.25, -0.2) is 9.97 Å². The summed E-state index contributed by atoms with van der Waals surface area (Å²) in [5.74, 6) is 0.914. The molecule has 0 spiro atoms. The topological polar surface area (TPSA) is 62.6 Å². The highest BCUT2D eigenvalue weighted by Crippen LogP contribution is 2.21. The van der Waals surface area contributed by atoms with Crippen molar-refractivity contribution in [3.63, 3.8) is 0 Å². The van der Waals surface area contributed by atoms with E-state index in [0.717, 1.165) is 54.8 Å². The van der Waals surface area contributed by atoms with Gasteiger partial charge >= 0.3 is 0 Å². The second kappa shape index (κ2) is 10.6. The summed E-state index contributed by atoms with van der Waals surface area (Å²) in [4.78, 5) is 16.0. The van der Waals surface area contributed by atoms with Gasteiger partial charge in [-0.05, 0) is 27.2 Å². The third-order valence-electron chi connectivity index (χ3n) is 3.84. The first-order valence-corrected chi connectivity index (χ1v) is 10.7. The number of rotatable bonds is 9. The minimum absolute atomic E-state index is 0.0375. The Morgan fingerprint density at radius 1 is 1.35 bits per heavy atom. The molecule has 0 aliphatic carbocycles. The number of guanidine groups is 1. The van der Waals surface area contributed by atoms with Gasteiger partial charge in [-0.2, -0.15) is 0 Å². The van der Waals surface area contributed by atoms with Crippen LogP contribution in [-0.4, -0.2) is 48.1 Å². The lowest BCUT2D eigenvalue weighted by atomic mass is 10.3. The van der Waals surface area contributed by atoms with E-state index in [-0.39, 0.29) is 6.10 Å². The Labute approximate surface area is 164 Å². The molecule has 0 saturated heterocycles. The summed E-state index contributed by atoms with van der Waals surface area (Å²) in [5.41, 5.74) is 2.15.